The van der Waals surface area contributed by atoms with Crippen LogP contribution in [0.1, 0.15) is 26.3 Å². The highest BCUT2D eigenvalue weighted by atomic mass is 16.5. The van der Waals surface area contributed by atoms with Gasteiger partial charge in [-0.25, -0.2) is 4.79 Å². The molecule has 2 rings (SSSR count). The number of carbonyl (C=O) groups is 3. The Labute approximate surface area is 145 Å². The fourth-order valence-electron chi connectivity index (χ4n) is 2.43. The van der Waals surface area contributed by atoms with Gasteiger partial charge >= 0.3 is 6.03 Å². The molecule has 1 heterocycles. The summed E-state index contributed by atoms with van der Waals surface area (Å²) < 4.78 is 10.1. The zero-order valence-electron chi connectivity index (χ0n) is 14.7. The van der Waals surface area contributed by atoms with Crippen molar-refractivity contribution in [2.75, 3.05) is 14.2 Å². The molecule has 1 aromatic carbocycles. The van der Waals surface area contributed by atoms with Gasteiger partial charge in [0.15, 0.2) is 11.5 Å². The summed E-state index contributed by atoms with van der Waals surface area (Å²) in [5.74, 6) is -1.44. The Morgan fingerprint density at radius 2 is 1.60 bits per heavy atom. The Hall–Kier alpha value is -3.03. The van der Waals surface area contributed by atoms with Crippen molar-refractivity contribution in [2.45, 2.75) is 26.3 Å². The number of methoxy groups -OCH3 is 2. The highest BCUT2D eigenvalue weighted by Gasteiger charge is 2.41. The van der Waals surface area contributed by atoms with Gasteiger partial charge in [-0.3, -0.25) is 19.8 Å². The first-order chi connectivity index (χ1) is 11.6. The van der Waals surface area contributed by atoms with E-state index in [0.717, 1.165) is 4.90 Å². The number of nitrogens with zero attached hydrogens (tertiary/aromatic N) is 1. The van der Waals surface area contributed by atoms with Crippen LogP contribution in [0, 0.1) is 0 Å². The smallest absolute Gasteiger partial charge is 0.331 e. The number of hydrogen-bond donors (Lipinski definition) is 2. The van der Waals surface area contributed by atoms with Crippen molar-refractivity contribution in [3.05, 3.63) is 23.3 Å². The van der Waals surface area contributed by atoms with Crippen LogP contribution in [0.2, 0.25) is 0 Å². The number of barbiturate groups is 1. The summed E-state index contributed by atoms with van der Waals surface area (Å²) in [6.45, 7) is 5.06. The summed E-state index contributed by atoms with van der Waals surface area (Å²) in [5, 5.41) is 12.1. The van der Waals surface area contributed by atoms with Gasteiger partial charge in [-0.05, 0) is 44.5 Å². The first kappa shape index (κ1) is 18.3. The minimum atomic E-state index is -0.800. The number of amides is 4. The third-order valence-corrected chi connectivity index (χ3v) is 3.59. The van der Waals surface area contributed by atoms with Crippen LogP contribution in [0.25, 0.3) is 6.08 Å². The van der Waals surface area contributed by atoms with E-state index in [1.807, 2.05) is 0 Å². The molecule has 134 valence electrons. The number of nitrogens with one attached hydrogen (secondary N) is 1. The Balaban J connectivity index is 2.54. The highest BCUT2D eigenvalue weighted by Crippen LogP contribution is 2.38. The van der Waals surface area contributed by atoms with E-state index in [2.05, 4.69) is 5.32 Å². The Morgan fingerprint density at radius 1 is 1.08 bits per heavy atom. The Bertz CT molecular complexity index is 751. The molecule has 0 radical (unpaired) electrons. The molecule has 2 N–H and O–H groups in total. The second kappa shape index (κ2) is 6.46. The molecule has 1 aliphatic rings. The molecule has 0 unspecified atom stereocenters. The zero-order valence-corrected chi connectivity index (χ0v) is 14.7. The molecular weight excluding hydrogens is 328 g/mol. The van der Waals surface area contributed by atoms with Gasteiger partial charge in [-0.2, -0.15) is 0 Å². The third kappa shape index (κ3) is 3.42. The number of hydrogen-bond acceptors (Lipinski definition) is 6. The molecule has 25 heavy (non-hydrogen) atoms. The number of carbonyl (C=O) groups excluding carboxylic acids is 3. The molecule has 0 atom stereocenters. The Kier molecular flexibility index (Phi) is 4.73. The molecule has 4 amide bonds. The van der Waals surface area contributed by atoms with Gasteiger partial charge in [-0.15, -0.1) is 0 Å². The van der Waals surface area contributed by atoms with E-state index in [0.29, 0.717) is 5.56 Å². The summed E-state index contributed by atoms with van der Waals surface area (Å²) in [7, 11) is 2.73. The van der Waals surface area contributed by atoms with Crippen LogP contribution < -0.4 is 14.8 Å². The van der Waals surface area contributed by atoms with Crippen molar-refractivity contribution < 1.29 is 29.0 Å². The minimum absolute atomic E-state index is 0.124. The van der Waals surface area contributed by atoms with Crippen LogP contribution in [0.4, 0.5) is 4.79 Å². The number of benzene rings is 1. The van der Waals surface area contributed by atoms with E-state index in [1.165, 1.54) is 32.4 Å². The Morgan fingerprint density at radius 3 is 2.04 bits per heavy atom. The quantitative estimate of drug-likeness (QED) is 0.636. The van der Waals surface area contributed by atoms with Gasteiger partial charge in [0, 0.05) is 5.54 Å². The molecule has 8 heteroatoms. The summed E-state index contributed by atoms with van der Waals surface area (Å²) in [6, 6.07) is 2.13. The number of rotatable bonds is 3. The molecule has 0 spiro atoms. The second-order valence-corrected chi connectivity index (χ2v) is 6.40. The highest BCUT2D eigenvalue weighted by molar-refractivity contribution is 6.31. The van der Waals surface area contributed by atoms with E-state index in [1.54, 1.807) is 20.8 Å². The average Bonchev–Trinajstić information content (AvgIpc) is 2.50. The molecular formula is C17H20N2O6. The summed E-state index contributed by atoms with van der Waals surface area (Å²) in [4.78, 5) is 37.7. The van der Waals surface area contributed by atoms with Crippen molar-refractivity contribution in [3.8, 4) is 17.2 Å². The molecule has 0 aromatic heterocycles. The lowest BCUT2D eigenvalue weighted by atomic mass is 10.0. The van der Waals surface area contributed by atoms with Crippen LogP contribution in [-0.4, -0.2) is 47.6 Å². The molecule has 8 nitrogen and oxygen atoms in total. The van der Waals surface area contributed by atoms with Crippen molar-refractivity contribution in [3.63, 3.8) is 0 Å². The normalized spacial score (nSPS) is 16.9. The van der Waals surface area contributed by atoms with Gasteiger partial charge < -0.3 is 14.6 Å². The standard InChI is InChI=1S/C17H20N2O6/c1-17(2,3)19-15(22)10(14(21)18-16(19)23)6-9-7-11(24-4)13(20)12(8-9)25-5/h6-8,20H,1-5H3,(H,18,21,23)/b10-6+. The minimum Gasteiger partial charge on any atom is -0.502 e. The predicted molar refractivity (Wildman–Crippen MR) is 89.3 cm³/mol. The zero-order chi connectivity index (χ0) is 18.9. The van der Waals surface area contributed by atoms with E-state index in [-0.39, 0.29) is 22.8 Å². The van der Waals surface area contributed by atoms with Crippen LogP contribution in [0.3, 0.4) is 0 Å². The number of aromatic hydroxyl groups is 1. The maximum atomic E-state index is 12.6. The molecule has 1 aromatic rings. The molecule has 1 aliphatic heterocycles. The van der Waals surface area contributed by atoms with E-state index in [4.69, 9.17) is 9.47 Å². The number of phenols is 1. The van der Waals surface area contributed by atoms with Crippen molar-refractivity contribution >= 4 is 23.9 Å². The van der Waals surface area contributed by atoms with Crippen molar-refractivity contribution in [1.82, 2.24) is 10.2 Å². The van der Waals surface area contributed by atoms with Gasteiger partial charge in [0.05, 0.1) is 14.2 Å². The van der Waals surface area contributed by atoms with Gasteiger partial charge in [0.1, 0.15) is 5.57 Å². The number of urea groups is 1. The van der Waals surface area contributed by atoms with Crippen LogP contribution >= 0.6 is 0 Å². The molecule has 1 fully saturated rings. The predicted octanol–water partition coefficient (Wildman–Crippen LogP) is 1.67. The van der Waals surface area contributed by atoms with Gasteiger partial charge in [-0.1, -0.05) is 0 Å². The molecule has 0 saturated carbocycles. The second-order valence-electron chi connectivity index (χ2n) is 6.40. The molecule has 1 saturated heterocycles. The van der Waals surface area contributed by atoms with Crippen LogP contribution in [-0.2, 0) is 9.59 Å². The lowest BCUT2D eigenvalue weighted by molar-refractivity contribution is -0.133. The molecule has 0 bridgehead atoms. The fourth-order valence-corrected chi connectivity index (χ4v) is 2.43. The lowest BCUT2D eigenvalue weighted by Gasteiger charge is -2.36. The van der Waals surface area contributed by atoms with E-state index < -0.39 is 23.4 Å². The largest absolute Gasteiger partial charge is 0.502 e. The first-order valence-corrected chi connectivity index (χ1v) is 7.46. The molecule has 0 aliphatic carbocycles. The number of ether oxygens (including phenoxy) is 2. The maximum absolute atomic E-state index is 12.6. The average molecular weight is 348 g/mol. The first-order valence-electron chi connectivity index (χ1n) is 7.46. The topological polar surface area (TPSA) is 105 Å². The van der Waals surface area contributed by atoms with Gasteiger partial charge in [0.25, 0.3) is 11.8 Å². The van der Waals surface area contributed by atoms with E-state index >= 15 is 0 Å². The van der Waals surface area contributed by atoms with Crippen molar-refractivity contribution in [2.24, 2.45) is 0 Å². The summed E-state index contributed by atoms with van der Waals surface area (Å²) in [6.07, 6.45) is 1.31. The maximum Gasteiger partial charge on any atom is 0.331 e. The van der Waals surface area contributed by atoms with Gasteiger partial charge in [0.2, 0.25) is 5.75 Å². The number of phenolic OH excluding ortho intramolecular Hbond substituents is 1. The van der Waals surface area contributed by atoms with E-state index in [9.17, 15) is 19.5 Å². The van der Waals surface area contributed by atoms with Crippen LogP contribution in [0.15, 0.2) is 17.7 Å². The third-order valence-electron chi connectivity index (χ3n) is 3.59. The fraction of sp³-hybridized carbons (Fsp3) is 0.353. The van der Waals surface area contributed by atoms with Crippen molar-refractivity contribution in [1.29, 1.82) is 0 Å². The SMILES string of the molecule is COc1cc(/C=C2\C(=O)NC(=O)N(C(C)(C)C)C2=O)cc(OC)c1O. The monoisotopic (exact) mass is 348 g/mol. The number of imide groups is 2. The lowest BCUT2D eigenvalue weighted by Crippen LogP contribution is -2.60. The summed E-state index contributed by atoms with van der Waals surface area (Å²) >= 11 is 0. The van der Waals surface area contributed by atoms with Crippen LogP contribution in [0.5, 0.6) is 17.2 Å². The summed E-state index contributed by atoms with van der Waals surface area (Å²) in [5.41, 5.74) is -0.608.